The number of carbonyl (C=O) groups is 3. The number of imide groups is 1. The lowest BCUT2D eigenvalue weighted by Gasteiger charge is -2.41. The smallest absolute Gasteiger partial charge is 0.327 e. The molecule has 3 aliphatic rings. The molecule has 1 atom stereocenters. The molecule has 120 valence electrons. The number of likely N-dealkylation sites (N-methyl/N-ethyl adjacent to an activating group) is 2. The van der Waals surface area contributed by atoms with Gasteiger partial charge in [0, 0.05) is 33.6 Å². The summed E-state index contributed by atoms with van der Waals surface area (Å²) in [6.45, 7) is 1.10. The van der Waals surface area contributed by atoms with E-state index in [4.69, 9.17) is 0 Å². The molecular weight excluding hydrogens is 282 g/mol. The predicted octanol–water partition coefficient (Wildman–Crippen LogP) is 1.23. The molecule has 2 aliphatic heterocycles. The Balaban J connectivity index is 1.62. The van der Waals surface area contributed by atoms with Gasteiger partial charge in [0.05, 0.1) is 0 Å². The van der Waals surface area contributed by atoms with Crippen LogP contribution in [0.1, 0.15) is 32.1 Å². The fraction of sp³-hybridized carbons (Fsp3) is 0.688. The molecule has 0 N–H and O–H groups in total. The lowest BCUT2D eigenvalue weighted by molar-refractivity contribution is -0.140. The molecule has 0 unspecified atom stereocenters. The molecule has 0 aromatic carbocycles. The van der Waals surface area contributed by atoms with E-state index in [0.29, 0.717) is 38.3 Å². The molecule has 0 aromatic heterocycles. The van der Waals surface area contributed by atoms with E-state index in [1.54, 1.807) is 11.9 Å². The standard InChI is InChI=1S/C16H23N3O3/c1-17-14(21)16(18(2)15(17)22)7-9-19(10-8-16)13(20)11-12-5-3-4-6-12/h3,5,12H,4,6-11H2,1-2H3/t12-/m0/s1. The van der Waals surface area contributed by atoms with Crippen LogP contribution in [0.25, 0.3) is 0 Å². The first-order valence-corrected chi connectivity index (χ1v) is 7.96. The van der Waals surface area contributed by atoms with Crippen LogP contribution in [0.3, 0.4) is 0 Å². The van der Waals surface area contributed by atoms with Gasteiger partial charge in [-0.05, 0) is 31.6 Å². The summed E-state index contributed by atoms with van der Waals surface area (Å²) in [6.07, 6.45) is 8.02. The second-order valence-electron chi connectivity index (χ2n) is 6.59. The number of rotatable bonds is 2. The van der Waals surface area contributed by atoms with Crippen molar-refractivity contribution in [3.63, 3.8) is 0 Å². The van der Waals surface area contributed by atoms with Crippen molar-refractivity contribution in [2.24, 2.45) is 5.92 Å². The van der Waals surface area contributed by atoms with Gasteiger partial charge in [0.25, 0.3) is 5.91 Å². The van der Waals surface area contributed by atoms with Crippen molar-refractivity contribution in [3.05, 3.63) is 12.2 Å². The minimum Gasteiger partial charge on any atom is -0.342 e. The van der Waals surface area contributed by atoms with Gasteiger partial charge in [0.1, 0.15) is 5.54 Å². The minimum atomic E-state index is -0.740. The first-order chi connectivity index (χ1) is 10.5. The Morgan fingerprint density at radius 3 is 2.45 bits per heavy atom. The third-order valence-electron chi connectivity index (χ3n) is 5.41. The van der Waals surface area contributed by atoms with E-state index in [1.807, 2.05) is 4.90 Å². The maximum Gasteiger partial charge on any atom is 0.327 e. The van der Waals surface area contributed by atoms with Gasteiger partial charge in [-0.25, -0.2) is 4.79 Å². The number of hydrogen-bond acceptors (Lipinski definition) is 3. The Labute approximate surface area is 130 Å². The van der Waals surface area contributed by atoms with Crippen molar-refractivity contribution in [3.8, 4) is 0 Å². The summed E-state index contributed by atoms with van der Waals surface area (Å²) in [5.41, 5.74) is -0.740. The van der Waals surface area contributed by atoms with Gasteiger partial charge in [0.2, 0.25) is 5.91 Å². The molecule has 6 heteroatoms. The molecule has 2 heterocycles. The number of allylic oxidation sites excluding steroid dienone is 2. The first-order valence-electron chi connectivity index (χ1n) is 7.96. The van der Waals surface area contributed by atoms with Crippen molar-refractivity contribution >= 4 is 17.8 Å². The number of urea groups is 1. The Bertz CT molecular complexity index is 535. The molecule has 0 radical (unpaired) electrons. The minimum absolute atomic E-state index is 0.133. The monoisotopic (exact) mass is 305 g/mol. The Morgan fingerprint density at radius 1 is 1.27 bits per heavy atom. The zero-order valence-electron chi connectivity index (χ0n) is 13.2. The first kappa shape index (κ1) is 15.1. The highest BCUT2D eigenvalue weighted by molar-refractivity contribution is 6.06. The molecule has 2 saturated heterocycles. The molecule has 0 saturated carbocycles. The third-order valence-corrected chi connectivity index (χ3v) is 5.41. The summed E-state index contributed by atoms with van der Waals surface area (Å²) < 4.78 is 0. The number of carbonyl (C=O) groups excluding carboxylic acids is 3. The lowest BCUT2D eigenvalue weighted by Crippen LogP contribution is -2.56. The van der Waals surface area contributed by atoms with Crippen LogP contribution < -0.4 is 0 Å². The molecule has 1 aliphatic carbocycles. The topological polar surface area (TPSA) is 60.9 Å². The summed E-state index contributed by atoms with van der Waals surface area (Å²) in [7, 11) is 3.21. The number of piperidine rings is 1. The van der Waals surface area contributed by atoms with E-state index in [0.717, 1.165) is 12.8 Å². The molecule has 2 fully saturated rings. The van der Waals surface area contributed by atoms with Crippen molar-refractivity contribution in [2.45, 2.75) is 37.6 Å². The van der Waals surface area contributed by atoms with Gasteiger partial charge in [0.15, 0.2) is 0 Å². The quantitative estimate of drug-likeness (QED) is 0.569. The van der Waals surface area contributed by atoms with Gasteiger partial charge < -0.3 is 9.80 Å². The Kier molecular flexibility index (Phi) is 3.70. The van der Waals surface area contributed by atoms with Gasteiger partial charge in [-0.15, -0.1) is 0 Å². The third kappa shape index (κ3) is 2.21. The SMILES string of the molecule is CN1C(=O)N(C)C2(CCN(C(=O)C[C@H]3C=CCC3)CC2)C1=O. The molecule has 1 spiro atoms. The second kappa shape index (κ2) is 5.41. The van der Waals surface area contributed by atoms with E-state index in [1.165, 1.54) is 11.9 Å². The second-order valence-corrected chi connectivity index (χ2v) is 6.59. The predicted molar refractivity (Wildman–Crippen MR) is 81.0 cm³/mol. The Hall–Kier alpha value is -1.85. The fourth-order valence-corrected chi connectivity index (χ4v) is 3.84. The molecule has 3 rings (SSSR count). The van der Waals surface area contributed by atoms with Crippen LogP contribution in [0.15, 0.2) is 12.2 Å². The van der Waals surface area contributed by atoms with E-state index in [9.17, 15) is 14.4 Å². The van der Waals surface area contributed by atoms with Crippen LogP contribution in [0.2, 0.25) is 0 Å². The van der Waals surface area contributed by atoms with E-state index >= 15 is 0 Å². The van der Waals surface area contributed by atoms with Gasteiger partial charge >= 0.3 is 6.03 Å². The van der Waals surface area contributed by atoms with Crippen LogP contribution in [-0.2, 0) is 9.59 Å². The van der Waals surface area contributed by atoms with Crippen LogP contribution in [0, 0.1) is 5.92 Å². The average molecular weight is 305 g/mol. The number of likely N-dealkylation sites (tertiary alicyclic amines) is 1. The van der Waals surface area contributed by atoms with Crippen molar-refractivity contribution in [1.29, 1.82) is 0 Å². The van der Waals surface area contributed by atoms with Gasteiger partial charge in [-0.1, -0.05) is 12.2 Å². The summed E-state index contributed by atoms with van der Waals surface area (Å²) in [4.78, 5) is 41.3. The van der Waals surface area contributed by atoms with Crippen molar-refractivity contribution < 1.29 is 14.4 Å². The lowest BCUT2D eigenvalue weighted by atomic mass is 9.86. The van der Waals surface area contributed by atoms with E-state index < -0.39 is 5.54 Å². The van der Waals surface area contributed by atoms with Crippen LogP contribution in [-0.4, -0.2) is 65.3 Å². The maximum atomic E-state index is 12.4. The maximum absolute atomic E-state index is 12.4. The highest BCUT2D eigenvalue weighted by Crippen LogP contribution is 2.35. The summed E-state index contributed by atoms with van der Waals surface area (Å²) in [6, 6.07) is -0.249. The zero-order chi connectivity index (χ0) is 15.9. The summed E-state index contributed by atoms with van der Waals surface area (Å²) in [5.74, 6) is 0.400. The van der Waals surface area contributed by atoms with Crippen LogP contribution in [0.4, 0.5) is 4.79 Å². The van der Waals surface area contributed by atoms with E-state index in [2.05, 4.69) is 12.2 Å². The number of hydrogen-bond donors (Lipinski definition) is 0. The summed E-state index contributed by atoms with van der Waals surface area (Å²) >= 11 is 0. The number of nitrogens with zero attached hydrogens (tertiary/aromatic N) is 3. The van der Waals surface area contributed by atoms with Crippen LogP contribution >= 0.6 is 0 Å². The van der Waals surface area contributed by atoms with Gasteiger partial charge in [-0.3, -0.25) is 14.5 Å². The molecule has 22 heavy (non-hydrogen) atoms. The molecule has 6 nitrogen and oxygen atoms in total. The summed E-state index contributed by atoms with van der Waals surface area (Å²) in [5, 5.41) is 0. The molecular formula is C16H23N3O3. The van der Waals surface area contributed by atoms with E-state index in [-0.39, 0.29) is 17.8 Å². The van der Waals surface area contributed by atoms with Gasteiger partial charge in [-0.2, -0.15) is 0 Å². The van der Waals surface area contributed by atoms with Crippen LogP contribution in [0.5, 0.6) is 0 Å². The van der Waals surface area contributed by atoms with Crippen molar-refractivity contribution in [1.82, 2.24) is 14.7 Å². The highest BCUT2D eigenvalue weighted by atomic mass is 16.2. The fourth-order valence-electron chi connectivity index (χ4n) is 3.84. The molecule has 0 bridgehead atoms. The molecule has 0 aromatic rings. The Morgan fingerprint density at radius 2 is 1.95 bits per heavy atom. The van der Waals surface area contributed by atoms with Crippen molar-refractivity contribution in [2.75, 3.05) is 27.2 Å². The highest BCUT2D eigenvalue weighted by Gasteiger charge is 2.55. The normalized spacial score (nSPS) is 27.4. The molecule has 4 amide bonds. The zero-order valence-corrected chi connectivity index (χ0v) is 13.2. The largest absolute Gasteiger partial charge is 0.342 e. The number of amides is 4. The average Bonchev–Trinajstić information content (AvgIpc) is 3.08.